The minimum atomic E-state index is 1.07. The van der Waals surface area contributed by atoms with Gasteiger partial charge in [0.15, 0.2) is 0 Å². The zero-order chi connectivity index (χ0) is 15.1. The molecule has 0 fully saturated rings. The molecule has 0 aliphatic carbocycles. The standard InChI is InChI=1S/C20H19NS/c1-3-12-21-18-7-5-4-6-16(18)17-13-15(9-10-19(17)21)20-11-8-14(2)22-20/h4-11,13H,3,12H2,1-2H3. The van der Waals surface area contributed by atoms with Gasteiger partial charge in [-0.15, -0.1) is 11.3 Å². The van der Waals surface area contributed by atoms with E-state index in [1.165, 1.54) is 37.1 Å². The van der Waals surface area contributed by atoms with Gasteiger partial charge in [0.05, 0.1) is 0 Å². The number of aromatic nitrogens is 1. The zero-order valence-electron chi connectivity index (χ0n) is 13.0. The van der Waals surface area contributed by atoms with Crippen molar-refractivity contribution in [1.29, 1.82) is 0 Å². The molecule has 22 heavy (non-hydrogen) atoms. The van der Waals surface area contributed by atoms with Gasteiger partial charge in [-0.05, 0) is 49.2 Å². The summed E-state index contributed by atoms with van der Waals surface area (Å²) in [5.41, 5.74) is 4.02. The molecule has 0 aliphatic heterocycles. The van der Waals surface area contributed by atoms with Gasteiger partial charge < -0.3 is 4.57 Å². The molecule has 0 aliphatic rings. The number of aryl methyl sites for hydroxylation is 2. The molecule has 1 nitrogen and oxygen atoms in total. The summed E-state index contributed by atoms with van der Waals surface area (Å²) in [7, 11) is 0. The van der Waals surface area contributed by atoms with Gasteiger partial charge in [0, 0.05) is 38.1 Å². The van der Waals surface area contributed by atoms with E-state index < -0.39 is 0 Å². The summed E-state index contributed by atoms with van der Waals surface area (Å²) in [5, 5.41) is 2.73. The molecule has 0 radical (unpaired) electrons. The van der Waals surface area contributed by atoms with Gasteiger partial charge in [0.25, 0.3) is 0 Å². The van der Waals surface area contributed by atoms with Gasteiger partial charge in [-0.3, -0.25) is 0 Å². The van der Waals surface area contributed by atoms with Gasteiger partial charge >= 0.3 is 0 Å². The second-order valence-electron chi connectivity index (χ2n) is 5.81. The Hall–Kier alpha value is -2.06. The van der Waals surface area contributed by atoms with Gasteiger partial charge in [-0.2, -0.15) is 0 Å². The number of rotatable bonds is 3. The number of benzene rings is 2. The lowest BCUT2D eigenvalue weighted by Gasteiger charge is -2.05. The Morgan fingerprint density at radius 1 is 0.909 bits per heavy atom. The lowest BCUT2D eigenvalue weighted by molar-refractivity contribution is 0.724. The van der Waals surface area contributed by atoms with E-state index in [4.69, 9.17) is 0 Å². The SMILES string of the molecule is CCCn1c2ccccc2c2cc(-c3ccc(C)s3)ccc21. The number of para-hydroxylation sites is 1. The number of hydrogen-bond donors (Lipinski definition) is 0. The molecular weight excluding hydrogens is 286 g/mol. The molecule has 0 saturated heterocycles. The van der Waals surface area contributed by atoms with E-state index in [-0.39, 0.29) is 0 Å². The first-order valence-corrected chi connectivity index (χ1v) is 8.67. The van der Waals surface area contributed by atoms with Crippen LogP contribution in [-0.2, 0) is 6.54 Å². The van der Waals surface area contributed by atoms with Gasteiger partial charge in [-0.1, -0.05) is 31.2 Å². The van der Waals surface area contributed by atoms with Crippen molar-refractivity contribution in [3.63, 3.8) is 0 Å². The van der Waals surface area contributed by atoms with Gasteiger partial charge in [-0.25, -0.2) is 0 Å². The molecule has 4 aromatic rings. The third kappa shape index (κ3) is 2.06. The van der Waals surface area contributed by atoms with Crippen molar-refractivity contribution < 1.29 is 0 Å². The lowest BCUT2D eigenvalue weighted by Crippen LogP contribution is -1.95. The maximum absolute atomic E-state index is 2.45. The second-order valence-corrected chi connectivity index (χ2v) is 7.10. The third-order valence-electron chi connectivity index (χ3n) is 4.24. The molecule has 0 unspecified atom stereocenters. The summed E-state index contributed by atoms with van der Waals surface area (Å²) in [6, 6.07) is 20.1. The molecule has 2 aromatic carbocycles. The van der Waals surface area contributed by atoms with Crippen LogP contribution in [0, 0.1) is 6.92 Å². The largest absolute Gasteiger partial charge is 0.340 e. The fourth-order valence-electron chi connectivity index (χ4n) is 3.26. The first-order valence-electron chi connectivity index (χ1n) is 7.85. The Balaban J connectivity index is 2.01. The normalized spacial score (nSPS) is 11.5. The molecule has 0 bridgehead atoms. The van der Waals surface area contributed by atoms with Crippen molar-refractivity contribution in [2.45, 2.75) is 26.8 Å². The highest BCUT2D eigenvalue weighted by Gasteiger charge is 2.11. The van der Waals surface area contributed by atoms with Crippen LogP contribution in [0.15, 0.2) is 54.6 Å². The number of hydrogen-bond acceptors (Lipinski definition) is 1. The molecule has 0 saturated carbocycles. The molecule has 0 spiro atoms. The summed E-state index contributed by atoms with van der Waals surface area (Å²) in [4.78, 5) is 2.72. The molecule has 0 amide bonds. The van der Waals surface area contributed by atoms with Crippen LogP contribution in [0.4, 0.5) is 0 Å². The predicted molar refractivity (Wildman–Crippen MR) is 97.8 cm³/mol. The van der Waals surface area contributed by atoms with Crippen molar-refractivity contribution in [3.8, 4) is 10.4 Å². The molecule has 2 heteroatoms. The first-order chi connectivity index (χ1) is 10.8. The lowest BCUT2D eigenvalue weighted by atomic mass is 10.1. The first kappa shape index (κ1) is 13.6. The highest BCUT2D eigenvalue weighted by atomic mass is 32.1. The predicted octanol–water partition coefficient (Wildman–Crippen LogP) is 6.24. The van der Waals surface area contributed by atoms with Crippen LogP contribution in [0.5, 0.6) is 0 Å². The van der Waals surface area contributed by atoms with Crippen molar-refractivity contribution in [3.05, 3.63) is 59.5 Å². The second kappa shape index (κ2) is 5.29. The van der Waals surface area contributed by atoms with E-state index in [0.29, 0.717) is 0 Å². The van der Waals surface area contributed by atoms with Crippen LogP contribution in [0.3, 0.4) is 0 Å². The number of fused-ring (bicyclic) bond motifs is 3. The molecule has 0 N–H and O–H groups in total. The van der Waals surface area contributed by atoms with Crippen LogP contribution >= 0.6 is 11.3 Å². The minimum Gasteiger partial charge on any atom is -0.340 e. The van der Waals surface area contributed by atoms with E-state index in [2.05, 4.69) is 73.0 Å². The summed E-state index contributed by atoms with van der Waals surface area (Å²) in [5.74, 6) is 0. The fraction of sp³-hybridized carbons (Fsp3) is 0.200. The molecule has 110 valence electrons. The third-order valence-corrected chi connectivity index (χ3v) is 5.29. The Bertz CT molecular complexity index is 958. The maximum Gasteiger partial charge on any atom is 0.0491 e. The Labute approximate surface area is 134 Å². The highest BCUT2D eigenvalue weighted by molar-refractivity contribution is 7.15. The molecule has 2 heterocycles. The monoisotopic (exact) mass is 305 g/mol. The summed E-state index contributed by atoms with van der Waals surface area (Å²) < 4.78 is 2.45. The van der Waals surface area contributed by atoms with E-state index in [9.17, 15) is 0 Å². The summed E-state index contributed by atoms with van der Waals surface area (Å²) >= 11 is 1.87. The van der Waals surface area contributed by atoms with Crippen LogP contribution in [-0.4, -0.2) is 4.57 Å². The van der Waals surface area contributed by atoms with Crippen LogP contribution in [0.25, 0.3) is 32.2 Å². The van der Waals surface area contributed by atoms with Crippen molar-refractivity contribution in [2.24, 2.45) is 0 Å². The van der Waals surface area contributed by atoms with E-state index in [0.717, 1.165) is 13.0 Å². The zero-order valence-corrected chi connectivity index (χ0v) is 13.8. The Morgan fingerprint density at radius 3 is 2.50 bits per heavy atom. The van der Waals surface area contributed by atoms with Crippen molar-refractivity contribution in [1.82, 2.24) is 4.57 Å². The van der Waals surface area contributed by atoms with E-state index in [1.807, 2.05) is 11.3 Å². The fourth-order valence-corrected chi connectivity index (χ4v) is 4.12. The highest BCUT2D eigenvalue weighted by Crippen LogP contribution is 2.34. The van der Waals surface area contributed by atoms with Crippen LogP contribution < -0.4 is 0 Å². The Kier molecular flexibility index (Phi) is 3.27. The topological polar surface area (TPSA) is 4.93 Å². The van der Waals surface area contributed by atoms with Crippen LogP contribution in [0.1, 0.15) is 18.2 Å². The average molecular weight is 305 g/mol. The maximum atomic E-state index is 2.45. The molecule has 4 rings (SSSR count). The molecule has 2 aromatic heterocycles. The quantitative estimate of drug-likeness (QED) is 0.422. The van der Waals surface area contributed by atoms with Crippen molar-refractivity contribution >= 4 is 33.1 Å². The van der Waals surface area contributed by atoms with E-state index >= 15 is 0 Å². The van der Waals surface area contributed by atoms with E-state index in [1.54, 1.807) is 0 Å². The molecule has 0 atom stereocenters. The minimum absolute atomic E-state index is 1.07. The van der Waals surface area contributed by atoms with Crippen LogP contribution in [0.2, 0.25) is 0 Å². The Morgan fingerprint density at radius 2 is 1.73 bits per heavy atom. The van der Waals surface area contributed by atoms with Gasteiger partial charge in [0.1, 0.15) is 0 Å². The molecular formula is C20H19NS. The number of nitrogens with zero attached hydrogens (tertiary/aromatic N) is 1. The average Bonchev–Trinajstić information content (AvgIpc) is 3.10. The van der Waals surface area contributed by atoms with Crippen molar-refractivity contribution in [2.75, 3.05) is 0 Å². The van der Waals surface area contributed by atoms with Gasteiger partial charge in [0.2, 0.25) is 0 Å². The summed E-state index contributed by atoms with van der Waals surface area (Å²) in [6.45, 7) is 5.48. The summed E-state index contributed by atoms with van der Waals surface area (Å²) in [6.07, 6.45) is 1.15. The number of thiophene rings is 1. The smallest absolute Gasteiger partial charge is 0.0491 e.